The second-order valence-corrected chi connectivity index (χ2v) is 8.30. The monoisotopic (exact) mass is 509 g/mol. The zero-order valence-corrected chi connectivity index (χ0v) is 18.9. The van der Waals surface area contributed by atoms with Crippen molar-refractivity contribution in [1.82, 2.24) is 5.32 Å². The van der Waals surface area contributed by atoms with Crippen molar-refractivity contribution in [3.05, 3.63) is 59.7 Å². The highest BCUT2D eigenvalue weighted by atomic mass is 19.2. The molecule has 0 aromatic heterocycles. The third-order valence-electron chi connectivity index (χ3n) is 5.86. The van der Waals surface area contributed by atoms with Gasteiger partial charge in [-0.15, -0.1) is 0 Å². The van der Waals surface area contributed by atoms with Crippen LogP contribution in [0.5, 0.6) is 5.75 Å². The van der Waals surface area contributed by atoms with Crippen molar-refractivity contribution in [3.8, 4) is 5.75 Å². The minimum atomic E-state index is -1.85. The molecule has 3 rings (SSSR count). The first kappa shape index (κ1) is 26.6. The molecule has 3 atom stereocenters. The Morgan fingerprint density at radius 1 is 1.06 bits per heavy atom. The fourth-order valence-electron chi connectivity index (χ4n) is 4.00. The first-order valence-corrected chi connectivity index (χ1v) is 11.0. The minimum absolute atomic E-state index is 0.0185. The number of para-hydroxylation sites is 1. The number of benzene rings is 2. The average molecular weight is 509 g/mol. The first-order chi connectivity index (χ1) is 17.1. The summed E-state index contributed by atoms with van der Waals surface area (Å²) in [5.41, 5.74) is 5.91. The highest BCUT2D eigenvalue weighted by Crippen LogP contribution is 2.30. The molecule has 1 unspecified atom stereocenters. The van der Waals surface area contributed by atoms with E-state index >= 15 is 0 Å². The van der Waals surface area contributed by atoms with E-state index in [1.165, 1.54) is 0 Å². The number of amides is 3. The van der Waals surface area contributed by atoms with Crippen LogP contribution < -0.4 is 21.1 Å². The summed E-state index contributed by atoms with van der Waals surface area (Å²) in [6.07, 6.45) is -0.404. The minimum Gasteiger partial charge on any atom is -0.480 e. The number of carbonyl (C=O) groups is 4. The molecule has 0 spiro atoms. The number of hydrogen-bond donors (Lipinski definition) is 3. The molecule has 1 heterocycles. The third-order valence-corrected chi connectivity index (χ3v) is 5.86. The van der Waals surface area contributed by atoms with Crippen molar-refractivity contribution in [2.45, 2.75) is 19.3 Å². The van der Waals surface area contributed by atoms with Crippen LogP contribution >= 0.6 is 0 Å². The summed E-state index contributed by atoms with van der Waals surface area (Å²) >= 11 is 0. The SMILES string of the molecule is NC(=O)C(CC(=O)Nc1ccccc1)[C@H](C[C@H]1CCNC1=O)C(=O)COc1c(F)c(F)cc(F)c1F. The molecule has 0 saturated carbocycles. The molecule has 8 nitrogen and oxygen atoms in total. The molecule has 1 fully saturated rings. The Morgan fingerprint density at radius 3 is 2.25 bits per heavy atom. The van der Waals surface area contributed by atoms with Crippen LogP contribution in [-0.2, 0) is 19.2 Å². The van der Waals surface area contributed by atoms with Gasteiger partial charge in [-0.3, -0.25) is 19.2 Å². The van der Waals surface area contributed by atoms with Crippen LogP contribution in [0.3, 0.4) is 0 Å². The van der Waals surface area contributed by atoms with Crippen molar-refractivity contribution in [3.63, 3.8) is 0 Å². The highest BCUT2D eigenvalue weighted by Gasteiger charge is 2.39. The predicted molar refractivity (Wildman–Crippen MR) is 118 cm³/mol. The average Bonchev–Trinajstić information content (AvgIpc) is 3.24. The van der Waals surface area contributed by atoms with Gasteiger partial charge in [0.2, 0.25) is 29.4 Å². The number of anilines is 1. The molecule has 12 heteroatoms. The third kappa shape index (κ3) is 6.37. The second kappa shape index (κ2) is 11.6. The van der Waals surface area contributed by atoms with Crippen molar-refractivity contribution in [1.29, 1.82) is 0 Å². The maximum atomic E-state index is 13.9. The van der Waals surface area contributed by atoms with Crippen molar-refractivity contribution in [2.75, 3.05) is 18.5 Å². The Morgan fingerprint density at radius 2 is 1.69 bits per heavy atom. The molecule has 4 N–H and O–H groups in total. The number of rotatable bonds is 11. The standard InChI is InChI=1S/C24H23F4N3O5/c25-16-10-17(26)21(28)22(20(16)27)36-11-18(32)14(8-12-6-7-30-24(12)35)15(23(29)34)9-19(33)31-13-4-2-1-3-5-13/h1-5,10,12,14-15H,6-9,11H2,(H2,29,34)(H,30,35)(H,31,33)/t12-,14+,15?/m1/s1. The Hall–Kier alpha value is -3.96. The van der Waals surface area contributed by atoms with E-state index in [1.807, 2.05) is 0 Å². The maximum absolute atomic E-state index is 13.9. The molecule has 1 saturated heterocycles. The van der Waals surface area contributed by atoms with Crippen LogP contribution in [0.25, 0.3) is 0 Å². The summed E-state index contributed by atoms with van der Waals surface area (Å²) in [6, 6.07) is 8.22. The highest BCUT2D eigenvalue weighted by molar-refractivity contribution is 5.96. The van der Waals surface area contributed by atoms with Gasteiger partial charge < -0.3 is 21.1 Å². The van der Waals surface area contributed by atoms with E-state index in [1.54, 1.807) is 30.3 Å². The van der Waals surface area contributed by atoms with Gasteiger partial charge in [-0.2, -0.15) is 8.78 Å². The molecule has 2 aromatic rings. The summed E-state index contributed by atoms with van der Waals surface area (Å²) in [4.78, 5) is 50.0. The van der Waals surface area contributed by atoms with E-state index in [4.69, 9.17) is 10.5 Å². The fraction of sp³-hybridized carbons (Fsp3) is 0.333. The summed E-state index contributed by atoms with van der Waals surface area (Å²) < 4.78 is 59.6. The van der Waals surface area contributed by atoms with Gasteiger partial charge >= 0.3 is 0 Å². The van der Waals surface area contributed by atoms with Crippen molar-refractivity contribution < 1.29 is 41.5 Å². The molecular formula is C24H23F4N3O5. The zero-order chi connectivity index (χ0) is 26.4. The quantitative estimate of drug-likeness (QED) is 0.317. The Bertz CT molecular complexity index is 1140. The lowest BCUT2D eigenvalue weighted by molar-refractivity contribution is -0.136. The van der Waals surface area contributed by atoms with Gasteiger partial charge in [-0.05, 0) is 25.0 Å². The van der Waals surface area contributed by atoms with Gasteiger partial charge in [0.15, 0.2) is 23.2 Å². The Balaban J connectivity index is 1.82. The smallest absolute Gasteiger partial charge is 0.225 e. The first-order valence-electron chi connectivity index (χ1n) is 11.0. The van der Waals surface area contributed by atoms with Crippen LogP contribution in [0.15, 0.2) is 36.4 Å². The van der Waals surface area contributed by atoms with Gasteiger partial charge in [-0.1, -0.05) is 18.2 Å². The van der Waals surface area contributed by atoms with Crippen LogP contribution in [0.2, 0.25) is 0 Å². The van der Waals surface area contributed by atoms with Crippen molar-refractivity contribution in [2.24, 2.45) is 23.5 Å². The number of primary amides is 1. The second-order valence-electron chi connectivity index (χ2n) is 8.30. The molecule has 0 aliphatic carbocycles. The van der Waals surface area contributed by atoms with Gasteiger partial charge in [0.25, 0.3) is 0 Å². The summed E-state index contributed by atoms with van der Waals surface area (Å²) in [6.45, 7) is -0.768. The lowest BCUT2D eigenvalue weighted by Crippen LogP contribution is -2.40. The largest absolute Gasteiger partial charge is 0.480 e. The summed E-state index contributed by atoms with van der Waals surface area (Å²) in [5.74, 6) is -15.1. The maximum Gasteiger partial charge on any atom is 0.225 e. The zero-order valence-electron chi connectivity index (χ0n) is 18.9. The number of nitrogens with two attached hydrogens (primary N) is 1. The van der Waals surface area contributed by atoms with E-state index in [0.717, 1.165) is 0 Å². The number of carbonyl (C=O) groups excluding carboxylic acids is 4. The normalized spacial score (nSPS) is 16.7. The number of nitrogens with one attached hydrogen (secondary N) is 2. The van der Waals surface area contributed by atoms with Crippen LogP contribution in [0.4, 0.5) is 23.2 Å². The number of hydrogen-bond acceptors (Lipinski definition) is 5. The van der Waals surface area contributed by atoms with Crippen LogP contribution in [0.1, 0.15) is 19.3 Å². The Kier molecular flexibility index (Phi) is 8.62. The van der Waals surface area contributed by atoms with Crippen molar-refractivity contribution >= 4 is 29.2 Å². The Labute approximate surface area is 203 Å². The fourth-order valence-corrected chi connectivity index (χ4v) is 4.00. The number of ether oxygens (including phenoxy) is 1. The van der Waals surface area contributed by atoms with Gasteiger partial charge in [0.1, 0.15) is 6.61 Å². The molecule has 0 bridgehead atoms. The molecule has 1 aliphatic heterocycles. The van der Waals surface area contributed by atoms with E-state index in [-0.39, 0.29) is 18.4 Å². The van der Waals surface area contributed by atoms with E-state index < -0.39 is 77.4 Å². The number of Topliss-reactive ketones (excluding diaryl/α,β-unsaturated/α-hetero) is 1. The van der Waals surface area contributed by atoms with Crippen LogP contribution in [0, 0.1) is 41.0 Å². The molecule has 2 aromatic carbocycles. The molecule has 0 radical (unpaired) electrons. The molecule has 3 amide bonds. The number of ketones is 1. The molecule has 36 heavy (non-hydrogen) atoms. The molecular weight excluding hydrogens is 486 g/mol. The van der Waals surface area contributed by atoms with Gasteiger partial charge in [0.05, 0.1) is 5.92 Å². The van der Waals surface area contributed by atoms with E-state index in [0.29, 0.717) is 18.7 Å². The van der Waals surface area contributed by atoms with Crippen LogP contribution in [-0.4, -0.2) is 36.7 Å². The van der Waals surface area contributed by atoms with E-state index in [9.17, 15) is 36.7 Å². The predicted octanol–water partition coefficient (Wildman–Crippen LogP) is 2.46. The topological polar surface area (TPSA) is 128 Å². The summed E-state index contributed by atoms with van der Waals surface area (Å²) in [7, 11) is 0. The van der Waals surface area contributed by atoms with Gasteiger partial charge in [-0.25, -0.2) is 8.78 Å². The lowest BCUT2D eigenvalue weighted by Gasteiger charge is -2.25. The summed E-state index contributed by atoms with van der Waals surface area (Å²) in [5, 5.41) is 5.14. The molecule has 1 aliphatic rings. The molecule has 192 valence electrons. The van der Waals surface area contributed by atoms with E-state index in [2.05, 4.69) is 10.6 Å². The van der Waals surface area contributed by atoms with Gasteiger partial charge in [0, 0.05) is 36.6 Å². The lowest BCUT2D eigenvalue weighted by atomic mass is 9.79. The number of halogens is 4.